The second-order valence-corrected chi connectivity index (χ2v) is 7.89. The van der Waals surface area contributed by atoms with Crippen molar-refractivity contribution in [2.24, 2.45) is 11.7 Å². The average molecular weight is 347 g/mol. The highest BCUT2D eigenvalue weighted by Gasteiger charge is 2.32. The Bertz CT molecular complexity index is 618. The molecule has 4 nitrogen and oxygen atoms in total. The summed E-state index contributed by atoms with van der Waals surface area (Å²) >= 11 is 0. The SMILES string of the molecule is Cc1cc(C)c(C)c(S(=O)(=O)NC2CCCC2CN)c1C.Cl. The molecule has 1 aliphatic rings. The van der Waals surface area contributed by atoms with Gasteiger partial charge in [-0.1, -0.05) is 12.5 Å². The van der Waals surface area contributed by atoms with E-state index in [4.69, 9.17) is 5.73 Å². The molecule has 2 rings (SSSR count). The minimum atomic E-state index is -3.50. The highest BCUT2D eigenvalue weighted by atomic mass is 35.5. The standard InChI is InChI=1S/C16H26N2O2S.ClH/c1-10-8-11(2)13(4)16(12(10)3)21(19,20)18-15-7-5-6-14(15)9-17;/h8,14-15,18H,5-7,9,17H2,1-4H3;1H. The normalized spacial score (nSPS) is 21.7. The van der Waals surface area contributed by atoms with Crippen LogP contribution in [0.2, 0.25) is 0 Å². The zero-order valence-electron chi connectivity index (χ0n) is 13.8. The second kappa shape index (κ2) is 7.30. The molecule has 0 spiro atoms. The van der Waals surface area contributed by atoms with E-state index in [2.05, 4.69) is 4.72 Å². The zero-order valence-corrected chi connectivity index (χ0v) is 15.4. The summed E-state index contributed by atoms with van der Waals surface area (Å²) in [6.45, 7) is 8.22. The first-order chi connectivity index (χ1) is 9.77. The van der Waals surface area contributed by atoms with Gasteiger partial charge in [-0.2, -0.15) is 0 Å². The molecule has 0 aromatic heterocycles. The van der Waals surface area contributed by atoms with Crippen molar-refractivity contribution in [2.75, 3.05) is 6.54 Å². The zero-order chi connectivity index (χ0) is 15.8. The van der Waals surface area contributed by atoms with Gasteiger partial charge in [-0.3, -0.25) is 0 Å². The van der Waals surface area contributed by atoms with E-state index >= 15 is 0 Å². The van der Waals surface area contributed by atoms with Crippen molar-refractivity contribution in [2.45, 2.75) is 57.9 Å². The average Bonchev–Trinajstić information content (AvgIpc) is 2.82. The Balaban J connectivity index is 0.00000242. The first-order valence-corrected chi connectivity index (χ1v) is 9.06. The van der Waals surface area contributed by atoms with Crippen LogP contribution in [-0.2, 0) is 10.0 Å². The predicted octanol–water partition coefficient (Wildman–Crippen LogP) is 2.75. The molecule has 2 atom stereocenters. The molecular formula is C16H27ClN2O2S. The van der Waals surface area contributed by atoms with Crippen LogP contribution >= 0.6 is 12.4 Å². The summed E-state index contributed by atoms with van der Waals surface area (Å²) in [5.41, 5.74) is 9.46. The van der Waals surface area contributed by atoms with Crippen molar-refractivity contribution in [1.82, 2.24) is 4.72 Å². The molecule has 1 aromatic carbocycles. The van der Waals surface area contributed by atoms with E-state index in [0.29, 0.717) is 11.4 Å². The Hall–Kier alpha value is -0.620. The van der Waals surface area contributed by atoms with Crippen molar-refractivity contribution in [3.05, 3.63) is 28.3 Å². The number of hydrogen-bond acceptors (Lipinski definition) is 3. The molecule has 1 fully saturated rings. The van der Waals surface area contributed by atoms with Crippen LogP contribution in [0.4, 0.5) is 0 Å². The van der Waals surface area contributed by atoms with Gasteiger partial charge in [-0.05, 0) is 75.3 Å². The van der Waals surface area contributed by atoms with Crippen molar-refractivity contribution in [3.63, 3.8) is 0 Å². The third-order valence-corrected chi connectivity index (χ3v) is 6.60. The molecule has 0 aliphatic heterocycles. The highest BCUT2D eigenvalue weighted by molar-refractivity contribution is 7.89. The van der Waals surface area contributed by atoms with Crippen LogP contribution < -0.4 is 10.5 Å². The number of nitrogens with one attached hydrogen (secondary N) is 1. The summed E-state index contributed by atoms with van der Waals surface area (Å²) in [7, 11) is -3.50. The van der Waals surface area contributed by atoms with Crippen molar-refractivity contribution in [3.8, 4) is 0 Å². The largest absolute Gasteiger partial charge is 0.330 e. The summed E-state index contributed by atoms with van der Waals surface area (Å²) < 4.78 is 28.6. The Kier molecular flexibility index (Phi) is 6.45. The van der Waals surface area contributed by atoms with Crippen LogP contribution in [0.25, 0.3) is 0 Å². The third kappa shape index (κ3) is 3.65. The number of halogens is 1. The molecule has 1 aromatic rings. The third-order valence-electron chi connectivity index (χ3n) is 4.83. The van der Waals surface area contributed by atoms with Gasteiger partial charge in [-0.25, -0.2) is 13.1 Å². The van der Waals surface area contributed by atoms with E-state index in [-0.39, 0.29) is 24.4 Å². The van der Waals surface area contributed by atoms with Crippen molar-refractivity contribution in [1.29, 1.82) is 0 Å². The number of nitrogens with two attached hydrogens (primary N) is 1. The van der Waals surface area contributed by atoms with Gasteiger partial charge < -0.3 is 5.73 Å². The lowest BCUT2D eigenvalue weighted by molar-refractivity contribution is 0.452. The van der Waals surface area contributed by atoms with E-state index < -0.39 is 10.0 Å². The lowest BCUT2D eigenvalue weighted by Crippen LogP contribution is -2.40. The fourth-order valence-corrected chi connectivity index (χ4v) is 5.27. The van der Waals surface area contributed by atoms with Gasteiger partial charge in [0, 0.05) is 6.04 Å². The Morgan fingerprint density at radius 1 is 1.14 bits per heavy atom. The number of rotatable bonds is 4. The fourth-order valence-electron chi connectivity index (χ4n) is 3.32. The van der Waals surface area contributed by atoms with Gasteiger partial charge in [0.05, 0.1) is 4.90 Å². The van der Waals surface area contributed by atoms with E-state index in [1.165, 1.54) is 0 Å². The molecule has 0 amide bonds. The van der Waals surface area contributed by atoms with Gasteiger partial charge in [0.15, 0.2) is 0 Å². The van der Waals surface area contributed by atoms with Crippen LogP contribution in [0.15, 0.2) is 11.0 Å². The summed E-state index contributed by atoms with van der Waals surface area (Å²) in [6, 6.07) is 2.02. The maximum atomic E-state index is 12.8. The quantitative estimate of drug-likeness (QED) is 0.880. The summed E-state index contributed by atoms with van der Waals surface area (Å²) in [5.74, 6) is 0.256. The van der Waals surface area contributed by atoms with Gasteiger partial charge >= 0.3 is 0 Å². The van der Waals surface area contributed by atoms with Gasteiger partial charge in [0.1, 0.15) is 0 Å². The molecular weight excluding hydrogens is 320 g/mol. The lowest BCUT2D eigenvalue weighted by atomic mass is 10.0. The summed E-state index contributed by atoms with van der Waals surface area (Å²) in [5, 5.41) is 0. The van der Waals surface area contributed by atoms with E-state index in [0.717, 1.165) is 41.5 Å². The Morgan fingerprint density at radius 3 is 2.18 bits per heavy atom. The minimum absolute atomic E-state index is 0. The molecule has 126 valence electrons. The van der Waals surface area contributed by atoms with Gasteiger partial charge in [-0.15, -0.1) is 12.4 Å². The second-order valence-electron chi connectivity index (χ2n) is 6.24. The molecule has 22 heavy (non-hydrogen) atoms. The summed E-state index contributed by atoms with van der Waals surface area (Å²) in [4.78, 5) is 0.447. The molecule has 3 N–H and O–H groups in total. The number of aryl methyl sites for hydroxylation is 2. The van der Waals surface area contributed by atoms with Crippen LogP contribution in [0, 0.1) is 33.6 Å². The lowest BCUT2D eigenvalue weighted by Gasteiger charge is -2.22. The molecule has 0 radical (unpaired) electrons. The maximum absolute atomic E-state index is 12.8. The van der Waals surface area contributed by atoms with Gasteiger partial charge in [0.2, 0.25) is 10.0 Å². The summed E-state index contributed by atoms with van der Waals surface area (Å²) in [6.07, 6.45) is 2.93. The topological polar surface area (TPSA) is 72.2 Å². The predicted molar refractivity (Wildman–Crippen MR) is 93.1 cm³/mol. The monoisotopic (exact) mass is 346 g/mol. The minimum Gasteiger partial charge on any atom is -0.330 e. The van der Waals surface area contributed by atoms with Crippen LogP contribution in [-0.4, -0.2) is 21.0 Å². The molecule has 0 saturated heterocycles. The number of benzene rings is 1. The smallest absolute Gasteiger partial charge is 0.241 e. The number of sulfonamides is 1. The first-order valence-electron chi connectivity index (χ1n) is 7.57. The van der Waals surface area contributed by atoms with E-state index in [1.54, 1.807) is 0 Å². The molecule has 0 heterocycles. The first kappa shape index (κ1) is 19.4. The van der Waals surface area contributed by atoms with Crippen LogP contribution in [0.5, 0.6) is 0 Å². The Labute approximate surface area is 140 Å². The molecule has 6 heteroatoms. The molecule has 1 aliphatic carbocycles. The fraction of sp³-hybridized carbons (Fsp3) is 0.625. The van der Waals surface area contributed by atoms with Crippen molar-refractivity contribution >= 4 is 22.4 Å². The van der Waals surface area contributed by atoms with E-state index in [9.17, 15) is 8.42 Å². The maximum Gasteiger partial charge on any atom is 0.241 e. The molecule has 2 unspecified atom stereocenters. The highest BCUT2D eigenvalue weighted by Crippen LogP contribution is 2.29. The van der Waals surface area contributed by atoms with Crippen molar-refractivity contribution < 1.29 is 8.42 Å². The van der Waals surface area contributed by atoms with E-state index in [1.807, 2.05) is 33.8 Å². The molecule has 1 saturated carbocycles. The van der Waals surface area contributed by atoms with Crippen LogP contribution in [0.1, 0.15) is 41.5 Å². The van der Waals surface area contributed by atoms with Crippen LogP contribution in [0.3, 0.4) is 0 Å². The number of hydrogen-bond donors (Lipinski definition) is 2. The van der Waals surface area contributed by atoms with Gasteiger partial charge in [0.25, 0.3) is 0 Å². The molecule has 0 bridgehead atoms. The Morgan fingerprint density at radius 2 is 1.68 bits per heavy atom.